The molecule has 5 aliphatic rings. The molecule has 0 bridgehead atoms. The molecule has 218 valence electrons. The summed E-state index contributed by atoms with van der Waals surface area (Å²) in [5.74, 6) is 3.74. The summed E-state index contributed by atoms with van der Waals surface area (Å²) in [7, 11) is 0. The Hall–Kier alpha value is -2.28. The van der Waals surface area contributed by atoms with Crippen molar-refractivity contribution in [1.29, 1.82) is 0 Å². The lowest BCUT2D eigenvalue weighted by molar-refractivity contribution is -0.133. The molecule has 4 fully saturated rings. The predicted octanol–water partition coefficient (Wildman–Crippen LogP) is 5.12. The van der Waals surface area contributed by atoms with Crippen LogP contribution in [-0.2, 0) is 4.79 Å². The van der Waals surface area contributed by atoms with Crippen LogP contribution in [-0.4, -0.2) is 69.0 Å². The Bertz CT molecular complexity index is 1130. The smallest absolute Gasteiger partial charge is 0.272 e. The number of carbonyl (C=O) groups excluding carboxylic acids is 2. The fourth-order valence-corrected chi connectivity index (χ4v) is 10.1. The molecule has 8 atom stereocenters. The Morgan fingerprint density at radius 1 is 1.05 bits per heavy atom. The number of hydrogen-bond donors (Lipinski definition) is 1. The predicted molar refractivity (Wildman–Crippen MR) is 154 cm³/mol. The van der Waals surface area contributed by atoms with Gasteiger partial charge in [0.1, 0.15) is 12.0 Å². The molecular formula is C33H48N4O3. The van der Waals surface area contributed by atoms with Gasteiger partial charge in [-0.15, -0.1) is 0 Å². The second kappa shape index (κ2) is 10.8. The zero-order valence-electron chi connectivity index (χ0n) is 24.7. The Balaban J connectivity index is 1.02. The zero-order chi connectivity index (χ0) is 28.1. The van der Waals surface area contributed by atoms with E-state index >= 15 is 0 Å². The van der Waals surface area contributed by atoms with Crippen molar-refractivity contribution in [3.05, 3.63) is 35.9 Å². The molecule has 0 aromatic carbocycles. The molecule has 1 N–H and O–H groups in total. The largest absolute Gasteiger partial charge is 0.393 e. The van der Waals surface area contributed by atoms with Crippen molar-refractivity contribution in [3.8, 4) is 0 Å². The third-order valence-corrected chi connectivity index (χ3v) is 12.4. The number of amides is 2. The summed E-state index contributed by atoms with van der Waals surface area (Å²) in [5.41, 5.74) is 2.64. The highest BCUT2D eigenvalue weighted by Gasteiger charge is 2.59. The maximum atomic E-state index is 13.2. The van der Waals surface area contributed by atoms with E-state index in [9.17, 15) is 14.7 Å². The number of aromatic nitrogens is 2. The van der Waals surface area contributed by atoms with E-state index in [1.807, 2.05) is 4.90 Å². The average molecular weight is 549 g/mol. The van der Waals surface area contributed by atoms with Crippen LogP contribution in [0.2, 0.25) is 0 Å². The Morgan fingerprint density at radius 3 is 2.58 bits per heavy atom. The van der Waals surface area contributed by atoms with Gasteiger partial charge in [-0.25, -0.2) is 9.97 Å². The first kappa shape index (κ1) is 27.9. The summed E-state index contributed by atoms with van der Waals surface area (Å²) in [6.07, 6.45) is 16.4. The van der Waals surface area contributed by atoms with Crippen molar-refractivity contribution >= 4 is 11.8 Å². The lowest BCUT2D eigenvalue weighted by atomic mass is 9.47. The van der Waals surface area contributed by atoms with E-state index in [4.69, 9.17) is 0 Å². The van der Waals surface area contributed by atoms with Crippen LogP contribution in [0, 0.1) is 40.4 Å². The SMILES string of the molecule is C[C@H](CCC(=O)N1CCN(C(=O)c2ccncn2)CC1)[C@H]1CC[C@H]2[C@@H]3CC=C4C[C@@H](O)CC[C@]4(C)[C@H]3CC[C@]12C. The maximum Gasteiger partial charge on any atom is 0.272 e. The van der Waals surface area contributed by atoms with Gasteiger partial charge < -0.3 is 14.9 Å². The summed E-state index contributed by atoms with van der Waals surface area (Å²) in [6, 6.07) is 1.64. The van der Waals surface area contributed by atoms with Gasteiger partial charge >= 0.3 is 0 Å². The maximum absolute atomic E-state index is 13.2. The van der Waals surface area contributed by atoms with Crippen LogP contribution < -0.4 is 0 Å². The third-order valence-electron chi connectivity index (χ3n) is 12.4. The molecule has 1 saturated heterocycles. The fourth-order valence-electron chi connectivity index (χ4n) is 10.1. The van der Waals surface area contributed by atoms with Gasteiger partial charge in [-0.05, 0) is 104 Å². The summed E-state index contributed by atoms with van der Waals surface area (Å²) in [5, 5.41) is 10.3. The molecule has 2 amide bonds. The second-order valence-electron chi connectivity index (χ2n) is 14.2. The van der Waals surface area contributed by atoms with E-state index in [1.54, 1.807) is 22.7 Å². The van der Waals surface area contributed by atoms with Crippen LogP contribution in [0.15, 0.2) is 30.2 Å². The molecule has 7 nitrogen and oxygen atoms in total. The lowest BCUT2D eigenvalue weighted by Gasteiger charge is -2.58. The summed E-state index contributed by atoms with van der Waals surface area (Å²) in [4.78, 5) is 37.6. The van der Waals surface area contributed by atoms with E-state index in [-0.39, 0.29) is 17.9 Å². The molecule has 3 saturated carbocycles. The van der Waals surface area contributed by atoms with Crippen molar-refractivity contribution in [1.82, 2.24) is 19.8 Å². The van der Waals surface area contributed by atoms with Gasteiger partial charge in [-0.3, -0.25) is 9.59 Å². The van der Waals surface area contributed by atoms with Crippen LogP contribution in [0.4, 0.5) is 0 Å². The number of rotatable bonds is 5. The van der Waals surface area contributed by atoms with Crippen LogP contribution in [0.25, 0.3) is 0 Å². The molecule has 7 heteroatoms. The highest BCUT2D eigenvalue weighted by molar-refractivity contribution is 5.92. The lowest BCUT2D eigenvalue weighted by Crippen LogP contribution is -2.51. The summed E-state index contributed by atoms with van der Waals surface area (Å²) < 4.78 is 0. The number of hydrogen-bond acceptors (Lipinski definition) is 5. The monoisotopic (exact) mass is 548 g/mol. The van der Waals surface area contributed by atoms with Crippen molar-refractivity contribution in [3.63, 3.8) is 0 Å². The molecule has 1 aromatic heterocycles. The molecule has 0 unspecified atom stereocenters. The molecule has 4 aliphatic carbocycles. The highest BCUT2D eigenvalue weighted by Crippen LogP contribution is 2.67. The number of piperazine rings is 1. The fraction of sp³-hybridized carbons (Fsp3) is 0.758. The Morgan fingerprint density at radius 2 is 1.82 bits per heavy atom. The third kappa shape index (κ3) is 4.80. The van der Waals surface area contributed by atoms with Crippen LogP contribution in [0.3, 0.4) is 0 Å². The zero-order valence-corrected chi connectivity index (χ0v) is 24.7. The van der Waals surface area contributed by atoms with E-state index in [2.05, 4.69) is 36.8 Å². The number of fused-ring (bicyclic) bond motifs is 5. The molecule has 40 heavy (non-hydrogen) atoms. The van der Waals surface area contributed by atoms with Gasteiger partial charge in [0.25, 0.3) is 5.91 Å². The van der Waals surface area contributed by atoms with E-state index in [0.717, 1.165) is 43.4 Å². The molecule has 1 aliphatic heterocycles. The number of nitrogens with zero attached hydrogens (tertiary/aromatic N) is 4. The normalized spacial score (nSPS) is 38.1. The summed E-state index contributed by atoms with van der Waals surface area (Å²) >= 11 is 0. The number of aliphatic hydroxyl groups excluding tert-OH is 1. The highest BCUT2D eigenvalue weighted by atomic mass is 16.3. The van der Waals surface area contributed by atoms with Crippen LogP contribution in [0.5, 0.6) is 0 Å². The first-order valence-corrected chi connectivity index (χ1v) is 15.9. The van der Waals surface area contributed by atoms with Gasteiger partial charge in [0.15, 0.2) is 0 Å². The Kier molecular flexibility index (Phi) is 7.56. The minimum absolute atomic E-state index is 0.0818. The first-order valence-electron chi connectivity index (χ1n) is 15.9. The van der Waals surface area contributed by atoms with Crippen LogP contribution >= 0.6 is 0 Å². The number of allylic oxidation sites excluding steroid dienone is 1. The van der Waals surface area contributed by atoms with Crippen molar-refractivity contribution in [2.75, 3.05) is 26.2 Å². The molecule has 0 spiro atoms. The quantitative estimate of drug-likeness (QED) is 0.517. The minimum atomic E-state index is -0.139. The van der Waals surface area contributed by atoms with E-state index in [1.165, 1.54) is 38.4 Å². The first-order chi connectivity index (χ1) is 19.2. The minimum Gasteiger partial charge on any atom is -0.393 e. The Labute approximate surface area is 239 Å². The second-order valence-corrected chi connectivity index (χ2v) is 14.2. The van der Waals surface area contributed by atoms with Gasteiger partial charge in [-0.1, -0.05) is 32.4 Å². The van der Waals surface area contributed by atoms with Gasteiger partial charge in [0, 0.05) is 38.8 Å². The van der Waals surface area contributed by atoms with Crippen molar-refractivity contribution in [2.24, 2.45) is 40.4 Å². The topological polar surface area (TPSA) is 86.6 Å². The van der Waals surface area contributed by atoms with Crippen molar-refractivity contribution < 1.29 is 14.7 Å². The molecule has 6 rings (SSSR count). The van der Waals surface area contributed by atoms with Gasteiger partial charge in [0.05, 0.1) is 6.10 Å². The molecule has 2 heterocycles. The molecule has 1 aromatic rings. The van der Waals surface area contributed by atoms with Gasteiger partial charge in [-0.2, -0.15) is 0 Å². The molecule has 0 radical (unpaired) electrons. The van der Waals surface area contributed by atoms with E-state index in [0.29, 0.717) is 61.0 Å². The summed E-state index contributed by atoms with van der Waals surface area (Å²) in [6.45, 7) is 9.81. The van der Waals surface area contributed by atoms with Crippen LogP contribution in [0.1, 0.15) is 95.5 Å². The standard InChI is InChI=1S/C33H48N4O3/c1-22(4-9-30(39)36-16-18-37(19-17-36)31(40)29-12-15-34-21-35-29)26-7-8-27-25-6-5-23-20-24(38)10-13-32(23,2)28(25)11-14-33(26,27)3/h5,12,15,21-22,24-28,38H,4,6-11,13-14,16-20H2,1-3H3/t22-,24+,25+,26-,27+,28+,32+,33-/m1/s1. The average Bonchev–Trinajstić information content (AvgIpc) is 3.33. The van der Waals surface area contributed by atoms with Crippen molar-refractivity contribution in [2.45, 2.75) is 91.1 Å². The number of carbonyl (C=O) groups is 2. The molecular weight excluding hydrogens is 500 g/mol. The van der Waals surface area contributed by atoms with E-state index < -0.39 is 0 Å². The van der Waals surface area contributed by atoms with Gasteiger partial charge in [0.2, 0.25) is 5.91 Å². The number of aliphatic hydroxyl groups is 1.